The van der Waals surface area contributed by atoms with Crippen LogP contribution < -0.4 is 4.90 Å². The number of amides is 1. The number of nitrogens with zero attached hydrogens (tertiary/aromatic N) is 5. The van der Waals surface area contributed by atoms with Gasteiger partial charge in [0.2, 0.25) is 0 Å². The fourth-order valence-corrected chi connectivity index (χ4v) is 2.90. The summed E-state index contributed by atoms with van der Waals surface area (Å²) in [5.41, 5.74) is 3.19. The number of carbonyl (C=O) groups excluding carboxylic acids is 1. The smallest absolute Gasteiger partial charge is 0.275 e. The normalized spacial score (nSPS) is 17.6. The minimum atomic E-state index is -0.0344. The maximum Gasteiger partial charge on any atom is 0.275 e. The van der Waals surface area contributed by atoms with Crippen LogP contribution in [0, 0.1) is 13.8 Å². The van der Waals surface area contributed by atoms with Crippen LogP contribution in [-0.2, 0) is 0 Å². The van der Waals surface area contributed by atoms with E-state index in [1.54, 1.807) is 0 Å². The number of hydrogen-bond donors (Lipinski definition) is 1. The summed E-state index contributed by atoms with van der Waals surface area (Å²) >= 11 is 0. The first kappa shape index (κ1) is 15.5. The lowest BCUT2D eigenvalue weighted by Gasteiger charge is -2.23. The molecule has 1 aliphatic rings. The SMILES string of the molecule is Cc1[nH]nc(C(=O)N2CCCC2c2ccc(N(C)C)nn2)c1C. The standard InChI is InChI=1S/C16H22N6O/c1-10-11(2)17-20-15(10)16(23)22-9-5-6-13(22)12-7-8-14(19-18-12)21(3)4/h7-8,13H,5-6,9H2,1-4H3,(H,17,20). The van der Waals surface area contributed by atoms with E-state index in [0.717, 1.165) is 42.2 Å². The highest BCUT2D eigenvalue weighted by atomic mass is 16.2. The van der Waals surface area contributed by atoms with Gasteiger partial charge in [0.05, 0.1) is 11.7 Å². The number of nitrogens with one attached hydrogen (secondary N) is 1. The highest BCUT2D eigenvalue weighted by Crippen LogP contribution is 2.32. The van der Waals surface area contributed by atoms with E-state index in [1.807, 2.05) is 49.9 Å². The average Bonchev–Trinajstić information content (AvgIpc) is 3.15. The minimum absolute atomic E-state index is 0.0254. The molecule has 1 atom stereocenters. The lowest BCUT2D eigenvalue weighted by Crippen LogP contribution is -2.32. The van der Waals surface area contributed by atoms with Gasteiger partial charge in [-0.3, -0.25) is 9.89 Å². The summed E-state index contributed by atoms with van der Waals surface area (Å²) in [6.45, 7) is 4.57. The van der Waals surface area contributed by atoms with E-state index < -0.39 is 0 Å². The third-order valence-corrected chi connectivity index (χ3v) is 4.44. The van der Waals surface area contributed by atoms with Crippen molar-refractivity contribution < 1.29 is 4.79 Å². The molecule has 1 saturated heterocycles. The number of H-pyrrole nitrogens is 1. The van der Waals surface area contributed by atoms with Crippen LogP contribution >= 0.6 is 0 Å². The van der Waals surface area contributed by atoms with E-state index in [1.165, 1.54) is 0 Å². The van der Waals surface area contributed by atoms with Crippen molar-refractivity contribution in [2.45, 2.75) is 32.7 Å². The molecule has 0 bridgehead atoms. The van der Waals surface area contributed by atoms with Crippen molar-refractivity contribution in [2.24, 2.45) is 0 Å². The molecule has 0 aromatic carbocycles. The van der Waals surface area contributed by atoms with Crippen LogP contribution in [-0.4, -0.2) is 51.8 Å². The lowest BCUT2D eigenvalue weighted by molar-refractivity contribution is 0.0725. The maximum atomic E-state index is 12.8. The van der Waals surface area contributed by atoms with Crippen LogP contribution in [0.5, 0.6) is 0 Å². The van der Waals surface area contributed by atoms with Crippen molar-refractivity contribution in [1.29, 1.82) is 0 Å². The van der Waals surface area contributed by atoms with Crippen molar-refractivity contribution in [1.82, 2.24) is 25.3 Å². The first-order valence-electron chi connectivity index (χ1n) is 7.82. The molecule has 3 heterocycles. The number of hydrogen-bond acceptors (Lipinski definition) is 5. The fourth-order valence-electron chi connectivity index (χ4n) is 2.90. The second kappa shape index (κ2) is 5.98. The summed E-state index contributed by atoms with van der Waals surface area (Å²) in [5.74, 6) is 0.774. The van der Waals surface area contributed by atoms with Gasteiger partial charge in [-0.2, -0.15) is 10.2 Å². The van der Waals surface area contributed by atoms with Crippen LogP contribution in [0.25, 0.3) is 0 Å². The number of carbonyl (C=O) groups is 1. The summed E-state index contributed by atoms with van der Waals surface area (Å²) in [7, 11) is 3.86. The number of aryl methyl sites for hydroxylation is 1. The molecule has 1 amide bonds. The van der Waals surface area contributed by atoms with Gasteiger partial charge in [0.25, 0.3) is 5.91 Å². The predicted octanol–water partition coefficient (Wildman–Crippen LogP) is 1.86. The molecule has 1 unspecified atom stereocenters. The zero-order valence-electron chi connectivity index (χ0n) is 14.0. The first-order valence-corrected chi connectivity index (χ1v) is 7.82. The Morgan fingerprint density at radius 2 is 2.09 bits per heavy atom. The van der Waals surface area contributed by atoms with E-state index in [9.17, 15) is 4.79 Å². The minimum Gasteiger partial charge on any atom is -0.361 e. The van der Waals surface area contributed by atoms with Gasteiger partial charge in [-0.05, 0) is 38.8 Å². The Morgan fingerprint density at radius 1 is 1.30 bits per heavy atom. The molecule has 122 valence electrons. The van der Waals surface area contributed by atoms with Gasteiger partial charge in [0.15, 0.2) is 11.5 Å². The predicted molar refractivity (Wildman–Crippen MR) is 87.4 cm³/mol. The van der Waals surface area contributed by atoms with Gasteiger partial charge in [-0.1, -0.05) is 0 Å². The molecule has 0 radical (unpaired) electrons. The molecule has 0 spiro atoms. The second-order valence-corrected chi connectivity index (χ2v) is 6.19. The van der Waals surface area contributed by atoms with E-state index in [2.05, 4.69) is 20.4 Å². The molecule has 1 fully saturated rings. The summed E-state index contributed by atoms with van der Waals surface area (Å²) in [6, 6.07) is 3.87. The van der Waals surface area contributed by atoms with Gasteiger partial charge >= 0.3 is 0 Å². The van der Waals surface area contributed by atoms with Crippen LogP contribution in [0.3, 0.4) is 0 Å². The van der Waals surface area contributed by atoms with Crippen LogP contribution in [0.1, 0.15) is 46.3 Å². The Bertz CT molecular complexity index is 706. The monoisotopic (exact) mass is 314 g/mol. The molecule has 0 aliphatic carbocycles. The van der Waals surface area contributed by atoms with Crippen molar-refractivity contribution in [3.63, 3.8) is 0 Å². The molecule has 3 rings (SSSR count). The van der Waals surface area contributed by atoms with Crippen LogP contribution in [0.2, 0.25) is 0 Å². The molecular weight excluding hydrogens is 292 g/mol. The summed E-state index contributed by atoms with van der Waals surface area (Å²) < 4.78 is 0. The zero-order chi connectivity index (χ0) is 16.6. The largest absolute Gasteiger partial charge is 0.361 e. The highest BCUT2D eigenvalue weighted by Gasteiger charge is 2.33. The average molecular weight is 314 g/mol. The van der Waals surface area contributed by atoms with E-state index in [0.29, 0.717) is 5.69 Å². The van der Waals surface area contributed by atoms with Gasteiger partial charge < -0.3 is 9.80 Å². The Morgan fingerprint density at radius 3 is 2.65 bits per heavy atom. The number of likely N-dealkylation sites (tertiary alicyclic amines) is 1. The molecule has 7 nitrogen and oxygen atoms in total. The first-order chi connectivity index (χ1) is 11.0. The van der Waals surface area contributed by atoms with Crippen molar-refractivity contribution in [3.8, 4) is 0 Å². The molecule has 1 aliphatic heterocycles. The summed E-state index contributed by atoms with van der Waals surface area (Å²) in [6.07, 6.45) is 1.88. The topological polar surface area (TPSA) is 78.0 Å². The van der Waals surface area contributed by atoms with Crippen molar-refractivity contribution in [3.05, 3.63) is 34.8 Å². The maximum absolute atomic E-state index is 12.8. The molecule has 0 saturated carbocycles. The molecule has 23 heavy (non-hydrogen) atoms. The zero-order valence-corrected chi connectivity index (χ0v) is 14.0. The number of anilines is 1. The third-order valence-electron chi connectivity index (χ3n) is 4.44. The van der Waals surface area contributed by atoms with Crippen molar-refractivity contribution >= 4 is 11.7 Å². The molecular formula is C16H22N6O. The van der Waals surface area contributed by atoms with Crippen LogP contribution in [0.15, 0.2) is 12.1 Å². The van der Waals surface area contributed by atoms with E-state index in [4.69, 9.17) is 0 Å². The number of aromatic amines is 1. The van der Waals surface area contributed by atoms with Gasteiger partial charge in [0.1, 0.15) is 0 Å². The molecule has 7 heteroatoms. The van der Waals surface area contributed by atoms with E-state index >= 15 is 0 Å². The summed E-state index contributed by atoms with van der Waals surface area (Å²) in [5, 5.41) is 15.6. The Hall–Kier alpha value is -2.44. The van der Waals surface area contributed by atoms with Gasteiger partial charge in [0, 0.05) is 31.9 Å². The molecule has 2 aromatic rings. The Labute approximate surface area is 135 Å². The van der Waals surface area contributed by atoms with Crippen molar-refractivity contribution in [2.75, 3.05) is 25.5 Å². The Balaban J connectivity index is 1.85. The van der Waals surface area contributed by atoms with E-state index in [-0.39, 0.29) is 11.9 Å². The second-order valence-electron chi connectivity index (χ2n) is 6.19. The highest BCUT2D eigenvalue weighted by molar-refractivity contribution is 5.94. The summed E-state index contributed by atoms with van der Waals surface area (Å²) in [4.78, 5) is 16.6. The molecule has 1 N–H and O–H groups in total. The number of rotatable bonds is 3. The van der Waals surface area contributed by atoms with Gasteiger partial charge in [-0.15, -0.1) is 5.10 Å². The fraction of sp³-hybridized carbons (Fsp3) is 0.500. The van der Waals surface area contributed by atoms with Gasteiger partial charge in [-0.25, -0.2) is 0 Å². The number of aromatic nitrogens is 4. The molecule has 2 aromatic heterocycles. The van der Waals surface area contributed by atoms with Crippen LogP contribution in [0.4, 0.5) is 5.82 Å². The Kier molecular flexibility index (Phi) is 4.02. The third kappa shape index (κ3) is 2.78. The quantitative estimate of drug-likeness (QED) is 0.935. The lowest BCUT2D eigenvalue weighted by atomic mass is 10.1.